The van der Waals surface area contributed by atoms with E-state index in [0.717, 1.165) is 12.2 Å². The van der Waals surface area contributed by atoms with Crippen molar-refractivity contribution in [1.29, 1.82) is 0 Å². The normalized spacial score (nSPS) is 21.8. The zero-order valence-corrected chi connectivity index (χ0v) is 13.1. The predicted octanol–water partition coefficient (Wildman–Crippen LogP) is 4.90. The number of rotatable bonds is 6. The summed E-state index contributed by atoms with van der Waals surface area (Å²) in [6.07, 6.45) is 2.26. The highest BCUT2D eigenvalue weighted by Crippen LogP contribution is 2.53. The van der Waals surface area contributed by atoms with Gasteiger partial charge in [0, 0.05) is 5.88 Å². The monoisotopic (exact) mass is 300 g/mol. The van der Waals surface area contributed by atoms with Crippen LogP contribution >= 0.6 is 11.6 Å². The first-order valence-corrected chi connectivity index (χ1v) is 8.09. The van der Waals surface area contributed by atoms with Crippen molar-refractivity contribution >= 4 is 11.6 Å². The smallest absolute Gasteiger partial charge is 0.122 e. The first-order chi connectivity index (χ1) is 10.3. The maximum Gasteiger partial charge on any atom is 0.122 e. The molecule has 2 heteroatoms. The number of hydrogen-bond donors (Lipinski definition) is 0. The van der Waals surface area contributed by atoms with Gasteiger partial charge >= 0.3 is 0 Å². The van der Waals surface area contributed by atoms with Gasteiger partial charge in [0.25, 0.3) is 0 Å². The number of methoxy groups -OCH3 is 1. The Morgan fingerprint density at radius 1 is 1.10 bits per heavy atom. The van der Waals surface area contributed by atoms with E-state index in [1.54, 1.807) is 7.11 Å². The summed E-state index contributed by atoms with van der Waals surface area (Å²) in [6.45, 7) is 0. The predicted molar refractivity (Wildman–Crippen MR) is 88.2 cm³/mol. The van der Waals surface area contributed by atoms with E-state index in [2.05, 4.69) is 42.5 Å². The molecule has 2 aromatic carbocycles. The fourth-order valence-corrected chi connectivity index (χ4v) is 3.63. The third-order valence-corrected chi connectivity index (χ3v) is 4.94. The molecule has 3 rings (SSSR count). The average molecular weight is 301 g/mol. The molecular weight excluding hydrogens is 280 g/mol. The van der Waals surface area contributed by atoms with Crippen molar-refractivity contribution in [2.75, 3.05) is 13.0 Å². The summed E-state index contributed by atoms with van der Waals surface area (Å²) < 4.78 is 5.46. The van der Waals surface area contributed by atoms with Crippen LogP contribution < -0.4 is 4.74 Å². The molecule has 0 aromatic heterocycles. The summed E-state index contributed by atoms with van der Waals surface area (Å²) in [7, 11) is 1.73. The van der Waals surface area contributed by atoms with Crippen LogP contribution in [0, 0.1) is 11.8 Å². The van der Waals surface area contributed by atoms with Crippen LogP contribution in [-0.4, -0.2) is 13.0 Å². The molecule has 0 aliphatic heterocycles. The first-order valence-electron chi connectivity index (χ1n) is 7.56. The van der Waals surface area contributed by atoms with Crippen LogP contribution in [0.25, 0.3) is 0 Å². The molecule has 1 fully saturated rings. The molecule has 110 valence electrons. The van der Waals surface area contributed by atoms with Gasteiger partial charge in [-0.15, -0.1) is 11.6 Å². The van der Waals surface area contributed by atoms with Gasteiger partial charge in [-0.2, -0.15) is 0 Å². The minimum Gasteiger partial charge on any atom is -0.496 e. The van der Waals surface area contributed by atoms with Crippen LogP contribution in [0.2, 0.25) is 0 Å². The fourth-order valence-electron chi connectivity index (χ4n) is 3.29. The average Bonchev–Trinajstić information content (AvgIpc) is 3.34. The van der Waals surface area contributed by atoms with Crippen LogP contribution in [0.15, 0.2) is 54.6 Å². The maximum atomic E-state index is 6.26. The van der Waals surface area contributed by atoms with Crippen LogP contribution in [0.1, 0.15) is 23.5 Å². The number of hydrogen-bond acceptors (Lipinski definition) is 1. The highest BCUT2D eigenvalue weighted by atomic mass is 35.5. The summed E-state index contributed by atoms with van der Waals surface area (Å²) in [5.41, 5.74) is 2.72. The molecular formula is C19H21ClO. The molecule has 1 aliphatic carbocycles. The second-order valence-electron chi connectivity index (χ2n) is 5.85. The van der Waals surface area contributed by atoms with Gasteiger partial charge in [-0.25, -0.2) is 0 Å². The molecule has 0 radical (unpaired) electrons. The number of ether oxygens (including phenoxy) is 1. The standard InChI is InChI=1S/C19H21ClO/c1-21-19-10-6-5-9-15(19)11-16(13-20)18-12-17(18)14-7-3-2-4-8-14/h2-10,16-18H,11-13H2,1H3. The quantitative estimate of drug-likeness (QED) is 0.690. The second kappa shape index (κ2) is 6.53. The van der Waals surface area contributed by atoms with E-state index in [-0.39, 0.29) is 0 Å². The maximum absolute atomic E-state index is 6.26. The minimum atomic E-state index is 0.521. The van der Waals surface area contributed by atoms with Crippen LogP contribution in [0.4, 0.5) is 0 Å². The molecule has 21 heavy (non-hydrogen) atoms. The molecule has 2 aromatic rings. The zero-order valence-electron chi connectivity index (χ0n) is 12.3. The molecule has 1 nitrogen and oxygen atoms in total. The van der Waals surface area contributed by atoms with Gasteiger partial charge in [0.15, 0.2) is 0 Å². The van der Waals surface area contributed by atoms with Gasteiger partial charge in [0.1, 0.15) is 5.75 Å². The van der Waals surface area contributed by atoms with Gasteiger partial charge in [0.05, 0.1) is 7.11 Å². The van der Waals surface area contributed by atoms with Crippen molar-refractivity contribution in [2.45, 2.75) is 18.8 Å². The van der Waals surface area contributed by atoms with Gasteiger partial charge in [-0.1, -0.05) is 48.5 Å². The lowest BCUT2D eigenvalue weighted by molar-refractivity contribution is 0.402. The summed E-state index contributed by atoms with van der Waals surface area (Å²) in [5, 5.41) is 0. The molecule has 0 N–H and O–H groups in total. The van der Waals surface area contributed by atoms with Crippen LogP contribution in [0.5, 0.6) is 5.75 Å². The Kier molecular flexibility index (Phi) is 4.50. The van der Waals surface area contributed by atoms with E-state index >= 15 is 0 Å². The van der Waals surface area contributed by atoms with Gasteiger partial charge in [0.2, 0.25) is 0 Å². The summed E-state index contributed by atoms with van der Waals surface area (Å²) in [4.78, 5) is 0. The van der Waals surface area contributed by atoms with Crippen molar-refractivity contribution in [2.24, 2.45) is 11.8 Å². The molecule has 0 amide bonds. The van der Waals surface area contributed by atoms with E-state index < -0.39 is 0 Å². The number of para-hydroxylation sites is 1. The topological polar surface area (TPSA) is 9.23 Å². The SMILES string of the molecule is COc1ccccc1CC(CCl)C1CC1c1ccccc1. The number of benzene rings is 2. The lowest BCUT2D eigenvalue weighted by atomic mass is 9.93. The first kappa shape index (κ1) is 14.5. The molecule has 0 heterocycles. The van der Waals surface area contributed by atoms with E-state index in [0.29, 0.717) is 23.6 Å². The van der Waals surface area contributed by atoms with E-state index in [1.807, 2.05) is 12.1 Å². The van der Waals surface area contributed by atoms with E-state index in [1.165, 1.54) is 17.5 Å². The summed E-state index contributed by atoms with van der Waals surface area (Å²) in [5.74, 6) is 3.60. The molecule has 1 aliphatic rings. The molecule has 0 bridgehead atoms. The van der Waals surface area contributed by atoms with Crippen LogP contribution in [-0.2, 0) is 6.42 Å². The highest BCUT2D eigenvalue weighted by Gasteiger charge is 2.43. The van der Waals surface area contributed by atoms with Crippen LogP contribution in [0.3, 0.4) is 0 Å². The molecule has 0 spiro atoms. The van der Waals surface area contributed by atoms with E-state index in [9.17, 15) is 0 Å². The van der Waals surface area contributed by atoms with E-state index in [4.69, 9.17) is 16.3 Å². The Balaban J connectivity index is 1.70. The van der Waals surface area contributed by atoms with Crippen molar-refractivity contribution < 1.29 is 4.74 Å². The highest BCUT2D eigenvalue weighted by molar-refractivity contribution is 6.18. The molecule has 3 atom stereocenters. The Morgan fingerprint density at radius 2 is 1.81 bits per heavy atom. The minimum absolute atomic E-state index is 0.521. The molecule has 0 saturated heterocycles. The summed E-state index contributed by atoms with van der Waals surface area (Å²) >= 11 is 6.26. The van der Waals surface area contributed by atoms with Crippen molar-refractivity contribution in [3.05, 3.63) is 65.7 Å². The summed E-state index contributed by atoms with van der Waals surface area (Å²) in [6, 6.07) is 19.1. The molecule has 1 saturated carbocycles. The van der Waals surface area contributed by atoms with Crippen molar-refractivity contribution in [1.82, 2.24) is 0 Å². The fraction of sp³-hybridized carbons (Fsp3) is 0.368. The number of halogens is 1. The Bertz CT molecular complexity index is 581. The number of alkyl halides is 1. The zero-order chi connectivity index (χ0) is 14.7. The van der Waals surface area contributed by atoms with Crippen molar-refractivity contribution in [3.8, 4) is 5.75 Å². The Labute approximate surface area is 131 Å². The largest absolute Gasteiger partial charge is 0.496 e. The van der Waals surface area contributed by atoms with Gasteiger partial charge in [-0.3, -0.25) is 0 Å². The third kappa shape index (κ3) is 3.24. The van der Waals surface area contributed by atoms with Gasteiger partial charge in [-0.05, 0) is 47.8 Å². The second-order valence-corrected chi connectivity index (χ2v) is 6.16. The Morgan fingerprint density at radius 3 is 2.52 bits per heavy atom. The van der Waals surface area contributed by atoms with Crippen molar-refractivity contribution in [3.63, 3.8) is 0 Å². The third-order valence-electron chi connectivity index (χ3n) is 4.55. The van der Waals surface area contributed by atoms with Gasteiger partial charge < -0.3 is 4.74 Å². The lowest BCUT2D eigenvalue weighted by Crippen LogP contribution is -2.11. The molecule has 3 unspecified atom stereocenters. The Hall–Kier alpha value is -1.47. The lowest BCUT2D eigenvalue weighted by Gasteiger charge is -2.16.